The van der Waals surface area contributed by atoms with Gasteiger partial charge in [-0.05, 0) is 37.3 Å². The first-order chi connectivity index (χ1) is 9.81. The van der Waals surface area contributed by atoms with Crippen LogP contribution in [-0.4, -0.2) is 45.9 Å². The molecular weight excluding hydrogens is 250 g/mol. The molecular formula is C16H21N3O. The highest BCUT2D eigenvalue weighted by Gasteiger charge is 2.47. The van der Waals surface area contributed by atoms with Gasteiger partial charge in [0.05, 0.1) is 5.69 Å². The van der Waals surface area contributed by atoms with Crippen LogP contribution in [0.1, 0.15) is 31.4 Å². The summed E-state index contributed by atoms with van der Waals surface area (Å²) >= 11 is 0. The Labute approximate surface area is 119 Å². The van der Waals surface area contributed by atoms with Crippen molar-refractivity contribution in [3.63, 3.8) is 0 Å². The zero-order valence-corrected chi connectivity index (χ0v) is 11.7. The normalized spacial score (nSPS) is 30.0. The molecule has 0 aromatic carbocycles. The highest BCUT2D eigenvalue weighted by Crippen LogP contribution is 2.37. The number of amides is 1. The molecule has 1 aromatic rings. The Morgan fingerprint density at radius 3 is 2.85 bits per heavy atom. The van der Waals surface area contributed by atoms with Crippen molar-refractivity contribution in [1.82, 2.24) is 14.8 Å². The molecule has 4 heteroatoms. The number of rotatable bonds is 4. The monoisotopic (exact) mass is 271 g/mol. The molecule has 2 atom stereocenters. The average molecular weight is 271 g/mol. The fourth-order valence-corrected chi connectivity index (χ4v) is 3.72. The van der Waals surface area contributed by atoms with Crippen LogP contribution in [0.15, 0.2) is 24.4 Å². The fourth-order valence-electron chi connectivity index (χ4n) is 3.72. The maximum absolute atomic E-state index is 12.2. The highest BCUT2D eigenvalue weighted by atomic mass is 16.2. The van der Waals surface area contributed by atoms with E-state index in [1.54, 1.807) is 0 Å². The van der Waals surface area contributed by atoms with Gasteiger partial charge in [-0.2, -0.15) is 0 Å². The van der Waals surface area contributed by atoms with Crippen LogP contribution in [0.4, 0.5) is 0 Å². The molecule has 1 saturated carbocycles. The molecule has 2 saturated heterocycles. The number of fused-ring (bicyclic) bond motifs is 1. The lowest BCUT2D eigenvalue weighted by atomic mass is 10.1. The van der Waals surface area contributed by atoms with E-state index in [-0.39, 0.29) is 0 Å². The number of likely N-dealkylation sites (tertiary alicyclic amines) is 2. The molecule has 3 fully saturated rings. The summed E-state index contributed by atoms with van der Waals surface area (Å²) in [5, 5.41) is 0. The molecule has 0 bridgehead atoms. The van der Waals surface area contributed by atoms with E-state index >= 15 is 0 Å². The largest absolute Gasteiger partial charge is 0.338 e. The summed E-state index contributed by atoms with van der Waals surface area (Å²) in [5.41, 5.74) is 1.11. The molecule has 0 unspecified atom stereocenters. The molecule has 2 aliphatic heterocycles. The van der Waals surface area contributed by atoms with Gasteiger partial charge in [0.1, 0.15) is 0 Å². The van der Waals surface area contributed by atoms with Gasteiger partial charge in [-0.1, -0.05) is 6.07 Å². The Kier molecular flexibility index (Phi) is 2.99. The zero-order valence-electron chi connectivity index (χ0n) is 11.7. The topological polar surface area (TPSA) is 36.4 Å². The maximum Gasteiger partial charge on any atom is 0.224 e. The predicted molar refractivity (Wildman–Crippen MR) is 75.9 cm³/mol. The Morgan fingerprint density at radius 1 is 1.20 bits per heavy atom. The van der Waals surface area contributed by atoms with E-state index < -0.39 is 0 Å². The molecule has 4 rings (SSSR count). The number of aromatic nitrogens is 1. The van der Waals surface area contributed by atoms with E-state index in [4.69, 9.17) is 0 Å². The minimum Gasteiger partial charge on any atom is -0.338 e. The second-order valence-electron chi connectivity index (χ2n) is 6.41. The third-order valence-electron chi connectivity index (χ3n) is 4.97. The summed E-state index contributed by atoms with van der Waals surface area (Å²) in [7, 11) is 0. The SMILES string of the molecule is O=C1C[C@@H]2[C@@H](CCN2Cc2ccccn2)N1CC1CC1. The second kappa shape index (κ2) is 4.85. The number of carbonyl (C=O) groups is 1. The lowest BCUT2D eigenvalue weighted by Gasteiger charge is -2.25. The van der Waals surface area contributed by atoms with Crippen molar-refractivity contribution < 1.29 is 4.79 Å². The van der Waals surface area contributed by atoms with Crippen molar-refractivity contribution >= 4 is 5.91 Å². The quantitative estimate of drug-likeness (QED) is 0.836. The fraction of sp³-hybridized carbons (Fsp3) is 0.625. The zero-order chi connectivity index (χ0) is 13.5. The first kappa shape index (κ1) is 12.3. The smallest absolute Gasteiger partial charge is 0.224 e. The summed E-state index contributed by atoms with van der Waals surface area (Å²) < 4.78 is 0. The molecule has 4 nitrogen and oxygen atoms in total. The molecule has 1 aromatic heterocycles. The molecule has 20 heavy (non-hydrogen) atoms. The van der Waals surface area contributed by atoms with Crippen molar-refractivity contribution in [2.75, 3.05) is 13.1 Å². The van der Waals surface area contributed by atoms with Gasteiger partial charge in [0.15, 0.2) is 0 Å². The maximum atomic E-state index is 12.2. The molecule has 0 radical (unpaired) electrons. The van der Waals surface area contributed by atoms with Crippen LogP contribution in [-0.2, 0) is 11.3 Å². The van der Waals surface area contributed by atoms with Crippen LogP contribution in [0.25, 0.3) is 0 Å². The van der Waals surface area contributed by atoms with Crippen molar-refractivity contribution in [3.8, 4) is 0 Å². The van der Waals surface area contributed by atoms with Crippen molar-refractivity contribution in [2.45, 2.75) is 44.3 Å². The number of hydrogen-bond acceptors (Lipinski definition) is 3. The van der Waals surface area contributed by atoms with Crippen molar-refractivity contribution in [1.29, 1.82) is 0 Å². The van der Waals surface area contributed by atoms with E-state index in [1.807, 2.05) is 18.3 Å². The van der Waals surface area contributed by atoms with Gasteiger partial charge in [-0.15, -0.1) is 0 Å². The van der Waals surface area contributed by atoms with Crippen LogP contribution in [0, 0.1) is 5.92 Å². The Morgan fingerprint density at radius 2 is 2.10 bits per heavy atom. The Balaban J connectivity index is 1.45. The van der Waals surface area contributed by atoms with E-state index in [2.05, 4.69) is 20.9 Å². The van der Waals surface area contributed by atoms with Gasteiger partial charge in [0, 0.05) is 44.3 Å². The molecule has 3 heterocycles. The summed E-state index contributed by atoms with van der Waals surface area (Å²) in [6.45, 7) is 2.99. The summed E-state index contributed by atoms with van der Waals surface area (Å²) in [6.07, 6.45) is 6.33. The van der Waals surface area contributed by atoms with Gasteiger partial charge in [-0.25, -0.2) is 0 Å². The van der Waals surface area contributed by atoms with E-state index in [0.29, 0.717) is 24.4 Å². The van der Waals surface area contributed by atoms with Gasteiger partial charge in [-0.3, -0.25) is 14.7 Å². The summed E-state index contributed by atoms with van der Waals surface area (Å²) in [4.78, 5) is 21.3. The van der Waals surface area contributed by atoms with Gasteiger partial charge >= 0.3 is 0 Å². The van der Waals surface area contributed by atoms with Crippen molar-refractivity contribution in [3.05, 3.63) is 30.1 Å². The number of hydrogen-bond donors (Lipinski definition) is 0. The van der Waals surface area contributed by atoms with Crippen LogP contribution in [0.3, 0.4) is 0 Å². The molecule has 1 aliphatic carbocycles. The minimum atomic E-state index is 0.373. The molecule has 0 N–H and O–H groups in total. The molecule has 3 aliphatic rings. The van der Waals surface area contributed by atoms with Crippen LogP contribution in [0.5, 0.6) is 0 Å². The molecule has 1 amide bonds. The number of nitrogens with zero attached hydrogens (tertiary/aromatic N) is 3. The van der Waals surface area contributed by atoms with Gasteiger partial charge < -0.3 is 4.90 Å². The van der Waals surface area contributed by atoms with Crippen LogP contribution >= 0.6 is 0 Å². The first-order valence-corrected chi connectivity index (χ1v) is 7.74. The molecule has 106 valence electrons. The summed E-state index contributed by atoms with van der Waals surface area (Å²) in [5.74, 6) is 1.17. The standard InChI is InChI=1S/C16H21N3O/c20-16-9-15-14(19(16)10-12-4-5-12)6-8-18(15)11-13-3-1-2-7-17-13/h1-3,7,12,14-15H,4-6,8-11H2/t14-,15-/m1/s1. The van der Waals surface area contributed by atoms with E-state index in [9.17, 15) is 4.79 Å². The molecule has 0 spiro atoms. The third-order valence-corrected chi connectivity index (χ3v) is 4.97. The average Bonchev–Trinajstić information content (AvgIpc) is 3.13. The van der Waals surface area contributed by atoms with Gasteiger partial charge in [0.2, 0.25) is 5.91 Å². The number of carbonyl (C=O) groups excluding carboxylic acids is 1. The predicted octanol–water partition coefficient (Wildman–Crippen LogP) is 1.67. The van der Waals surface area contributed by atoms with E-state index in [0.717, 1.165) is 37.7 Å². The highest BCUT2D eigenvalue weighted by molar-refractivity contribution is 5.80. The third kappa shape index (κ3) is 2.22. The Hall–Kier alpha value is -1.42. The van der Waals surface area contributed by atoms with Crippen LogP contribution in [0.2, 0.25) is 0 Å². The minimum absolute atomic E-state index is 0.373. The summed E-state index contributed by atoms with van der Waals surface area (Å²) in [6, 6.07) is 6.95. The Bertz CT molecular complexity index is 500. The van der Waals surface area contributed by atoms with E-state index in [1.165, 1.54) is 12.8 Å². The first-order valence-electron chi connectivity index (χ1n) is 7.74. The second-order valence-corrected chi connectivity index (χ2v) is 6.41. The van der Waals surface area contributed by atoms with Crippen LogP contribution < -0.4 is 0 Å². The van der Waals surface area contributed by atoms with Gasteiger partial charge in [0.25, 0.3) is 0 Å². The number of pyridine rings is 1. The lowest BCUT2D eigenvalue weighted by molar-refractivity contribution is -0.129. The van der Waals surface area contributed by atoms with Crippen molar-refractivity contribution in [2.24, 2.45) is 5.92 Å². The lowest BCUT2D eigenvalue weighted by Crippen LogP contribution is -2.38.